The van der Waals surface area contributed by atoms with Crippen molar-refractivity contribution in [1.29, 1.82) is 0 Å². The SMILES string of the molecule is CCC(C)CC1(CCc2ncc(-c3ccc4c(c3)C(F)(F)c3cc(Br)ccc3-4)[nH]2)CC1. The molecular weight excluding hydrogens is 458 g/mol. The second-order valence-corrected chi connectivity index (χ2v) is 10.4. The van der Waals surface area contributed by atoms with Crippen molar-refractivity contribution in [1.82, 2.24) is 9.97 Å². The number of nitrogens with zero attached hydrogens (tertiary/aromatic N) is 1. The Kier molecular flexibility index (Phi) is 5.08. The molecule has 1 saturated carbocycles. The number of nitrogens with one attached hydrogen (secondary N) is 1. The molecule has 5 rings (SSSR count). The minimum absolute atomic E-state index is 0.0652. The van der Waals surface area contributed by atoms with E-state index in [1.165, 1.54) is 31.7 Å². The monoisotopic (exact) mass is 484 g/mol. The van der Waals surface area contributed by atoms with Gasteiger partial charge in [0.2, 0.25) is 0 Å². The van der Waals surface area contributed by atoms with Crippen molar-refractivity contribution in [3.8, 4) is 22.4 Å². The van der Waals surface area contributed by atoms with Crippen LogP contribution in [0, 0.1) is 11.3 Å². The summed E-state index contributed by atoms with van der Waals surface area (Å²) in [6.45, 7) is 4.60. The fourth-order valence-electron chi connectivity index (χ4n) is 5.00. The molecule has 2 aromatic carbocycles. The summed E-state index contributed by atoms with van der Waals surface area (Å²) in [7, 11) is 0. The Morgan fingerprint density at radius 1 is 1.10 bits per heavy atom. The molecule has 1 unspecified atom stereocenters. The molecule has 5 heteroatoms. The lowest BCUT2D eigenvalue weighted by Crippen LogP contribution is -2.11. The summed E-state index contributed by atoms with van der Waals surface area (Å²) < 4.78 is 31.0. The maximum Gasteiger partial charge on any atom is 0.299 e. The number of hydrogen-bond acceptors (Lipinski definition) is 1. The maximum absolute atomic E-state index is 15.2. The normalized spacial score (nSPS) is 18.5. The van der Waals surface area contributed by atoms with Crippen molar-refractivity contribution in [2.45, 2.75) is 58.3 Å². The standard InChI is InChI=1S/C26H27BrF2N2/c1-3-16(2)14-25(10-11-25)9-8-24-30-15-23(31-24)17-4-6-19-20-7-5-18(27)13-22(20)26(28,29)21(19)12-17/h4-7,12-13,15-16H,3,8-11,14H2,1-2H3,(H,30,31). The van der Waals surface area contributed by atoms with Crippen molar-refractivity contribution in [2.24, 2.45) is 11.3 Å². The van der Waals surface area contributed by atoms with Crippen LogP contribution in [0.1, 0.15) is 62.9 Å². The Labute approximate surface area is 190 Å². The van der Waals surface area contributed by atoms with E-state index in [1.807, 2.05) is 18.2 Å². The van der Waals surface area contributed by atoms with Crippen molar-refractivity contribution < 1.29 is 8.78 Å². The van der Waals surface area contributed by atoms with Gasteiger partial charge in [-0.05, 0) is 66.3 Å². The lowest BCUT2D eigenvalue weighted by molar-refractivity contribution is 0.0480. The van der Waals surface area contributed by atoms with Gasteiger partial charge in [-0.25, -0.2) is 4.98 Å². The molecule has 0 saturated heterocycles. The molecule has 1 heterocycles. The molecule has 1 aromatic heterocycles. The van der Waals surface area contributed by atoms with E-state index in [4.69, 9.17) is 0 Å². The van der Waals surface area contributed by atoms with E-state index in [-0.39, 0.29) is 11.1 Å². The van der Waals surface area contributed by atoms with E-state index in [9.17, 15) is 0 Å². The number of hydrogen-bond donors (Lipinski definition) is 1. The first-order valence-corrected chi connectivity index (χ1v) is 12.0. The second-order valence-electron chi connectivity index (χ2n) is 9.49. The number of benzene rings is 2. The Hall–Kier alpha value is -2.01. The van der Waals surface area contributed by atoms with Gasteiger partial charge in [0.25, 0.3) is 5.92 Å². The summed E-state index contributed by atoms with van der Waals surface area (Å²) in [6.07, 6.45) is 9.02. The lowest BCUT2D eigenvalue weighted by atomic mass is 9.88. The summed E-state index contributed by atoms with van der Waals surface area (Å²) in [6, 6.07) is 10.4. The van der Waals surface area contributed by atoms with Gasteiger partial charge in [-0.1, -0.05) is 54.4 Å². The molecule has 0 spiro atoms. The minimum atomic E-state index is -3.00. The number of rotatable bonds is 7. The number of aryl methyl sites for hydroxylation is 1. The van der Waals surface area contributed by atoms with Crippen LogP contribution in [0.15, 0.2) is 47.1 Å². The number of halogens is 3. The third-order valence-corrected chi connectivity index (χ3v) is 7.73. The largest absolute Gasteiger partial charge is 0.342 e. The van der Waals surface area contributed by atoms with Gasteiger partial charge in [-0.3, -0.25) is 0 Å². The third kappa shape index (κ3) is 3.75. The van der Waals surface area contributed by atoms with Gasteiger partial charge in [-0.2, -0.15) is 8.78 Å². The molecule has 0 bridgehead atoms. The summed E-state index contributed by atoms with van der Waals surface area (Å²) >= 11 is 3.32. The van der Waals surface area contributed by atoms with Gasteiger partial charge in [0, 0.05) is 27.6 Å². The number of aromatic amines is 1. The van der Waals surface area contributed by atoms with E-state index in [0.717, 1.165) is 35.8 Å². The molecule has 162 valence electrons. The number of H-pyrrole nitrogens is 1. The summed E-state index contributed by atoms with van der Waals surface area (Å²) in [4.78, 5) is 7.94. The number of aromatic nitrogens is 2. The fraction of sp³-hybridized carbons (Fsp3) is 0.423. The van der Waals surface area contributed by atoms with Gasteiger partial charge in [0.15, 0.2) is 0 Å². The lowest BCUT2D eigenvalue weighted by Gasteiger charge is -2.18. The Bertz CT molecular complexity index is 1130. The van der Waals surface area contributed by atoms with Gasteiger partial charge in [-0.15, -0.1) is 0 Å². The first-order chi connectivity index (χ1) is 14.8. The average molecular weight is 485 g/mol. The number of fused-ring (bicyclic) bond motifs is 3. The summed E-state index contributed by atoms with van der Waals surface area (Å²) in [5, 5.41) is 0. The van der Waals surface area contributed by atoms with E-state index in [2.05, 4.69) is 39.7 Å². The van der Waals surface area contributed by atoms with Crippen LogP contribution in [0.4, 0.5) is 8.78 Å². The molecule has 1 N–H and O–H groups in total. The van der Waals surface area contributed by atoms with Crippen LogP contribution in [0.5, 0.6) is 0 Å². The summed E-state index contributed by atoms with van der Waals surface area (Å²) in [5.41, 5.74) is 3.41. The third-order valence-electron chi connectivity index (χ3n) is 7.23. The van der Waals surface area contributed by atoms with Gasteiger partial charge >= 0.3 is 0 Å². The highest BCUT2D eigenvalue weighted by Crippen LogP contribution is 2.54. The minimum Gasteiger partial charge on any atom is -0.342 e. The quantitative estimate of drug-likeness (QED) is 0.360. The molecule has 2 aliphatic rings. The zero-order chi connectivity index (χ0) is 21.8. The van der Waals surface area contributed by atoms with Crippen molar-refractivity contribution in [3.05, 3.63) is 64.0 Å². The highest BCUT2D eigenvalue weighted by Gasteiger charge is 2.45. The molecule has 0 amide bonds. The first-order valence-electron chi connectivity index (χ1n) is 11.2. The van der Waals surface area contributed by atoms with Crippen molar-refractivity contribution in [2.75, 3.05) is 0 Å². The maximum atomic E-state index is 15.2. The van der Waals surface area contributed by atoms with E-state index in [0.29, 0.717) is 21.0 Å². The fourth-order valence-corrected chi connectivity index (χ4v) is 5.36. The Morgan fingerprint density at radius 3 is 2.52 bits per heavy atom. The molecule has 1 fully saturated rings. The first kappa shape index (κ1) is 20.9. The molecular formula is C26H27BrF2N2. The topological polar surface area (TPSA) is 28.7 Å². The van der Waals surface area contributed by atoms with Gasteiger partial charge in [0.05, 0.1) is 11.9 Å². The van der Waals surface area contributed by atoms with Crippen LogP contribution in [0.3, 0.4) is 0 Å². The molecule has 0 radical (unpaired) electrons. The zero-order valence-electron chi connectivity index (χ0n) is 17.9. The molecule has 2 nitrogen and oxygen atoms in total. The highest BCUT2D eigenvalue weighted by atomic mass is 79.9. The van der Waals surface area contributed by atoms with Crippen molar-refractivity contribution >= 4 is 15.9 Å². The van der Waals surface area contributed by atoms with Crippen LogP contribution in [-0.4, -0.2) is 9.97 Å². The smallest absolute Gasteiger partial charge is 0.299 e. The van der Waals surface area contributed by atoms with Crippen LogP contribution in [0.2, 0.25) is 0 Å². The van der Waals surface area contributed by atoms with Crippen LogP contribution in [-0.2, 0) is 12.3 Å². The molecule has 31 heavy (non-hydrogen) atoms. The van der Waals surface area contributed by atoms with E-state index >= 15 is 8.78 Å². The van der Waals surface area contributed by atoms with Gasteiger partial charge < -0.3 is 4.98 Å². The molecule has 1 atom stereocenters. The van der Waals surface area contributed by atoms with Crippen LogP contribution in [0.25, 0.3) is 22.4 Å². The van der Waals surface area contributed by atoms with Crippen LogP contribution >= 0.6 is 15.9 Å². The van der Waals surface area contributed by atoms with E-state index < -0.39 is 5.92 Å². The average Bonchev–Trinajstić information content (AvgIpc) is 3.28. The molecule has 0 aliphatic heterocycles. The van der Waals surface area contributed by atoms with E-state index in [1.54, 1.807) is 18.3 Å². The van der Waals surface area contributed by atoms with Crippen LogP contribution < -0.4 is 0 Å². The number of imidazole rings is 1. The Morgan fingerprint density at radius 2 is 1.81 bits per heavy atom. The predicted molar refractivity (Wildman–Crippen MR) is 124 cm³/mol. The van der Waals surface area contributed by atoms with Crippen molar-refractivity contribution in [3.63, 3.8) is 0 Å². The highest BCUT2D eigenvalue weighted by molar-refractivity contribution is 9.10. The molecule has 2 aliphatic carbocycles. The van der Waals surface area contributed by atoms with Gasteiger partial charge in [0.1, 0.15) is 5.82 Å². The summed E-state index contributed by atoms with van der Waals surface area (Å²) in [5.74, 6) is -1.28. The zero-order valence-corrected chi connectivity index (χ0v) is 19.5. The molecule has 3 aromatic rings. The Balaban J connectivity index is 1.36. The predicted octanol–water partition coefficient (Wildman–Crippen LogP) is 8.11. The second kappa shape index (κ2) is 7.54. The number of alkyl halides is 2.